The number of carbonyl (C=O) groups is 2. The summed E-state index contributed by atoms with van der Waals surface area (Å²) in [6, 6.07) is 19.6. The lowest BCUT2D eigenvalue weighted by atomic mass is 9.89. The van der Waals surface area contributed by atoms with Crippen LogP contribution >= 0.6 is 0 Å². The minimum Gasteiger partial charge on any atom is -0.341 e. The molecule has 2 amide bonds. The van der Waals surface area contributed by atoms with Crippen LogP contribution in [0.1, 0.15) is 42.5 Å². The summed E-state index contributed by atoms with van der Waals surface area (Å²) in [6.45, 7) is 1.91. The number of hydrogen-bond acceptors (Lipinski definition) is 2. The van der Waals surface area contributed by atoms with Gasteiger partial charge in [0.1, 0.15) is 0 Å². The number of aryl methyl sites for hydroxylation is 2. The Labute approximate surface area is 165 Å². The summed E-state index contributed by atoms with van der Waals surface area (Å²) in [5.74, 6) is -1.28. The molecular formula is C24H24N2O2. The number of benzene rings is 3. The molecule has 28 heavy (non-hydrogen) atoms. The molecule has 0 fully saturated rings. The van der Waals surface area contributed by atoms with Gasteiger partial charge in [0.15, 0.2) is 0 Å². The van der Waals surface area contributed by atoms with E-state index in [1.165, 1.54) is 24.0 Å². The Balaban J connectivity index is 1.45. The smallest absolute Gasteiger partial charge is 0.313 e. The number of anilines is 1. The number of amides is 2. The number of hydrogen-bond donors (Lipinski definition) is 2. The van der Waals surface area contributed by atoms with Crippen LogP contribution in [0, 0.1) is 0 Å². The molecule has 1 aliphatic rings. The molecule has 2 N–H and O–H groups in total. The van der Waals surface area contributed by atoms with Crippen LogP contribution in [-0.4, -0.2) is 11.8 Å². The van der Waals surface area contributed by atoms with E-state index in [0.717, 1.165) is 29.2 Å². The van der Waals surface area contributed by atoms with Gasteiger partial charge in [0.25, 0.3) is 0 Å². The largest absolute Gasteiger partial charge is 0.341 e. The maximum Gasteiger partial charge on any atom is 0.313 e. The van der Waals surface area contributed by atoms with Crippen molar-refractivity contribution in [1.29, 1.82) is 0 Å². The molecule has 4 heteroatoms. The molecule has 3 aromatic carbocycles. The third-order valence-corrected chi connectivity index (χ3v) is 5.46. The summed E-state index contributed by atoms with van der Waals surface area (Å²) in [5, 5.41) is 7.49. The third kappa shape index (κ3) is 3.77. The van der Waals surface area contributed by atoms with Crippen molar-refractivity contribution < 1.29 is 9.59 Å². The second-order valence-electron chi connectivity index (χ2n) is 7.41. The Morgan fingerprint density at radius 1 is 0.857 bits per heavy atom. The predicted molar refractivity (Wildman–Crippen MR) is 112 cm³/mol. The first kappa shape index (κ1) is 18.2. The normalized spacial score (nSPS) is 14.2. The molecule has 1 unspecified atom stereocenters. The van der Waals surface area contributed by atoms with Crippen molar-refractivity contribution in [2.24, 2.45) is 0 Å². The summed E-state index contributed by atoms with van der Waals surface area (Å²) >= 11 is 0. The fraction of sp³-hybridized carbons (Fsp3) is 0.250. The molecule has 0 bridgehead atoms. The Morgan fingerprint density at radius 2 is 1.61 bits per heavy atom. The first-order valence-electron chi connectivity index (χ1n) is 9.83. The van der Waals surface area contributed by atoms with Crippen molar-refractivity contribution in [3.05, 3.63) is 77.4 Å². The number of fused-ring (bicyclic) bond motifs is 2. The topological polar surface area (TPSA) is 58.2 Å². The van der Waals surface area contributed by atoms with Gasteiger partial charge in [-0.1, -0.05) is 54.6 Å². The monoisotopic (exact) mass is 372 g/mol. The van der Waals surface area contributed by atoms with Crippen LogP contribution in [0.15, 0.2) is 60.7 Å². The molecule has 0 saturated heterocycles. The maximum atomic E-state index is 12.4. The minimum atomic E-state index is -0.652. The molecule has 0 spiro atoms. The van der Waals surface area contributed by atoms with Crippen LogP contribution in [0.2, 0.25) is 0 Å². The quantitative estimate of drug-likeness (QED) is 0.664. The highest BCUT2D eigenvalue weighted by Gasteiger charge is 2.19. The molecule has 0 aromatic heterocycles. The van der Waals surface area contributed by atoms with Gasteiger partial charge in [-0.05, 0) is 60.7 Å². The first-order valence-corrected chi connectivity index (χ1v) is 9.83. The molecule has 1 atom stereocenters. The lowest BCUT2D eigenvalue weighted by Gasteiger charge is -2.20. The Bertz CT molecular complexity index is 1040. The highest BCUT2D eigenvalue weighted by Crippen LogP contribution is 2.25. The highest BCUT2D eigenvalue weighted by atomic mass is 16.2. The minimum absolute atomic E-state index is 0.224. The van der Waals surface area contributed by atoms with Gasteiger partial charge < -0.3 is 10.6 Å². The zero-order valence-corrected chi connectivity index (χ0v) is 16.0. The van der Waals surface area contributed by atoms with Gasteiger partial charge in [0.05, 0.1) is 6.04 Å². The van der Waals surface area contributed by atoms with Crippen LogP contribution in [-0.2, 0) is 22.4 Å². The molecule has 3 aromatic rings. The van der Waals surface area contributed by atoms with Crippen molar-refractivity contribution in [3.8, 4) is 0 Å². The SMILES string of the molecule is CC(NC(=O)C(=O)Nc1cccc2ccccc12)c1ccc2c(c1)CCCC2. The van der Waals surface area contributed by atoms with Gasteiger partial charge in [0, 0.05) is 11.1 Å². The second-order valence-corrected chi connectivity index (χ2v) is 7.41. The van der Waals surface area contributed by atoms with Crippen molar-refractivity contribution in [2.45, 2.75) is 38.6 Å². The molecule has 0 saturated carbocycles. The third-order valence-electron chi connectivity index (χ3n) is 5.46. The summed E-state index contributed by atoms with van der Waals surface area (Å²) in [6.07, 6.45) is 4.67. The van der Waals surface area contributed by atoms with E-state index in [9.17, 15) is 9.59 Å². The summed E-state index contributed by atoms with van der Waals surface area (Å²) < 4.78 is 0. The van der Waals surface area contributed by atoms with E-state index < -0.39 is 11.8 Å². The fourth-order valence-electron chi connectivity index (χ4n) is 3.88. The average Bonchev–Trinajstić information content (AvgIpc) is 2.73. The predicted octanol–water partition coefficient (Wildman–Crippen LogP) is 4.53. The van der Waals surface area contributed by atoms with Crippen LogP contribution in [0.4, 0.5) is 5.69 Å². The fourth-order valence-corrected chi connectivity index (χ4v) is 3.88. The van der Waals surface area contributed by atoms with E-state index in [-0.39, 0.29) is 6.04 Å². The van der Waals surface area contributed by atoms with Crippen molar-refractivity contribution in [2.75, 3.05) is 5.32 Å². The van der Waals surface area contributed by atoms with Crippen LogP contribution in [0.5, 0.6) is 0 Å². The highest BCUT2D eigenvalue weighted by molar-refractivity contribution is 6.40. The van der Waals surface area contributed by atoms with Crippen molar-refractivity contribution in [3.63, 3.8) is 0 Å². The molecule has 142 valence electrons. The standard InChI is InChI=1S/C24H24N2O2/c1-16(19-14-13-17-7-2-3-9-20(17)15-19)25-23(27)24(28)26-22-12-6-10-18-8-4-5-11-21(18)22/h4-6,8,10-16H,2-3,7,9H2,1H3,(H,25,27)(H,26,28). The maximum absolute atomic E-state index is 12.4. The van der Waals surface area contributed by atoms with E-state index in [1.54, 1.807) is 6.07 Å². The van der Waals surface area contributed by atoms with Gasteiger partial charge in [0.2, 0.25) is 0 Å². The number of nitrogens with one attached hydrogen (secondary N) is 2. The zero-order valence-electron chi connectivity index (χ0n) is 16.0. The zero-order chi connectivity index (χ0) is 19.5. The second kappa shape index (κ2) is 7.85. The summed E-state index contributed by atoms with van der Waals surface area (Å²) in [4.78, 5) is 24.9. The van der Waals surface area contributed by atoms with Crippen LogP contribution < -0.4 is 10.6 Å². The molecule has 1 aliphatic carbocycles. The lowest BCUT2D eigenvalue weighted by molar-refractivity contribution is -0.136. The van der Waals surface area contributed by atoms with Gasteiger partial charge >= 0.3 is 11.8 Å². The lowest BCUT2D eigenvalue weighted by Crippen LogP contribution is -2.37. The van der Waals surface area contributed by atoms with Gasteiger partial charge in [-0.2, -0.15) is 0 Å². The first-order chi connectivity index (χ1) is 13.6. The average molecular weight is 372 g/mol. The van der Waals surface area contributed by atoms with E-state index >= 15 is 0 Å². The summed E-state index contributed by atoms with van der Waals surface area (Å²) in [5.41, 5.74) is 4.44. The van der Waals surface area contributed by atoms with E-state index in [4.69, 9.17) is 0 Å². The molecular weight excluding hydrogens is 348 g/mol. The Hall–Kier alpha value is -3.14. The molecule has 4 rings (SSSR count). The van der Waals surface area contributed by atoms with Crippen LogP contribution in [0.25, 0.3) is 10.8 Å². The molecule has 0 radical (unpaired) electrons. The van der Waals surface area contributed by atoms with E-state index in [0.29, 0.717) is 5.69 Å². The van der Waals surface area contributed by atoms with Crippen molar-refractivity contribution in [1.82, 2.24) is 5.32 Å². The van der Waals surface area contributed by atoms with Gasteiger partial charge in [-0.3, -0.25) is 9.59 Å². The Morgan fingerprint density at radius 3 is 2.46 bits per heavy atom. The van der Waals surface area contributed by atoms with E-state index in [2.05, 4.69) is 28.8 Å². The molecule has 4 nitrogen and oxygen atoms in total. The van der Waals surface area contributed by atoms with E-state index in [1.807, 2.05) is 43.3 Å². The number of rotatable bonds is 3. The van der Waals surface area contributed by atoms with Gasteiger partial charge in [-0.25, -0.2) is 0 Å². The number of carbonyl (C=O) groups excluding carboxylic acids is 2. The molecule has 0 heterocycles. The van der Waals surface area contributed by atoms with Crippen molar-refractivity contribution >= 4 is 28.3 Å². The van der Waals surface area contributed by atoms with Crippen LogP contribution in [0.3, 0.4) is 0 Å². The Kier molecular flexibility index (Phi) is 5.11. The molecule has 0 aliphatic heterocycles. The summed E-state index contributed by atoms with van der Waals surface area (Å²) in [7, 11) is 0. The van der Waals surface area contributed by atoms with Gasteiger partial charge in [-0.15, -0.1) is 0 Å².